The van der Waals surface area contributed by atoms with Crippen LogP contribution >= 0.6 is 11.6 Å². The zero-order chi connectivity index (χ0) is 19.6. The summed E-state index contributed by atoms with van der Waals surface area (Å²) in [6.07, 6.45) is 0.309. The van der Waals surface area contributed by atoms with E-state index in [4.69, 9.17) is 11.6 Å². The van der Waals surface area contributed by atoms with Gasteiger partial charge in [-0.15, -0.1) is 0 Å². The van der Waals surface area contributed by atoms with Crippen LogP contribution < -0.4 is 0 Å². The molecule has 0 aliphatic carbocycles. The summed E-state index contributed by atoms with van der Waals surface area (Å²) in [6, 6.07) is 16.0. The van der Waals surface area contributed by atoms with E-state index in [9.17, 15) is 14.4 Å². The highest BCUT2D eigenvalue weighted by molar-refractivity contribution is 6.30. The van der Waals surface area contributed by atoms with E-state index < -0.39 is 0 Å². The Morgan fingerprint density at radius 3 is 2.22 bits per heavy atom. The zero-order valence-electron chi connectivity index (χ0n) is 15.2. The standard InChI is InChI=1S/C21H22ClNO4/c1-27-21(26)13-14-23(15-16-7-9-18(22)10-8-16)20(25)12-11-19(24)17-5-3-2-4-6-17/h2-10H,11-15H2,1H3. The van der Waals surface area contributed by atoms with Gasteiger partial charge in [-0.1, -0.05) is 54.1 Å². The van der Waals surface area contributed by atoms with Gasteiger partial charge in [-0.2, -0.15) is 0 Å². The van der Waals surface area contributed by atoms with Crippen LogP contribution in [0.2, 0.25) is 5.02 Å². The number of ether oxygens (including phenoxy) is 1. The fourth-order valence-corrected chi connectivity index (χ4v) is 2.70. The Hall–Kier alpha value is -2.66. The van der Waals surface area contributed by atoms with Crippen LogP contribution in [0.15, 0.2) is 54.6 Å². The Balaban J connectivity index is 1.99. The maximum Gasteiger partial charge on any atom is 0.307 e. The van der Waals surface area contributed by atoms with E-state index in [-0.39, 0.29) is 43.5 Å². The van der Waals surface area contributed by atoms with E-state index in [1.54, 1.807) is 41.3 Å². The number of amides is 1. The molecule has 142 valence electrons. The van der Waals surface area contributed by atoms with Crippen molar-refractivity contribution in [3.8, 4) is 0 Å². The van der Waals surface area contributed by atoms with E-state index in [2.05, 4.69) is 4.74 Å². The molecule has 27 heavy (non-hydrogen) atoms. The van der Waals surface area contributed by atoms with Gasteiger partial charge in [0.2, 0.25) is 5.91 Å². The normalized spacial score (nSPS) is 10.3. The summed E-state index contributed by atoms with van der Waals surface area (Å²) in [4.78, 5) is 37.9. The number of benzene rings is 2. The predicted molar refractivity (Wildman–Crippen MR) is 104 cm³/mol. The van der Waals surface area contributed by atoms with Gasteiger partial charge in [-0.25, -0.2) is 0 Å². The van der Waals surface area contributed by atoms with Gasteiger partial charge in [0, 0.05) is 36.5 Å². The van der Waals surface area contributed by atoms with Gasteiger partial charge in [-0.05, 0) is 17.7 Å². The van der Waals surface area contributed by atoms with Gasteiger partial charge in [0.15, 0.2) is 5.78 Å². The fourth-order valence-electron chi connectivity index (χ4n) is 2.58. The third-order valence-corrected chi connectivity index (χ3v) is 4.37. The highest BCUT2D eigenvalue weighted by Gasteiger charge is 2.17. The number of esters is 1. The Bertz CT molecular complexity index is 775. The number of carbonyl (C=O) groups is 3. The largest absolute Gasteiger partial charge is 0.469 e. The van der Waals surface area contributed by atoms with Crippen LogP contribution in [0.4, 0.5) is 0 Å². The smallest absolute Gasteiger partial charge is 0.307 e. The second kappa shape index (κ2) is 10.5. The minimum atomic E-state index is -0.385. The average molecular weight is 388 g/mol. The van der Waals surface area contributed by atoms with Crippen LogP contribution in [-0.2, 0) is 20.9 Å². The molecule has 6 heteroatoms. The number of carbonyl (C=O) groups excluding carboxylic acids is 3. The number of hydrogen-bond donors (Lipinski definition) is 0. The molecule has 0 aliphatic heterocycles. The van der Waals surface area contributed by atoms with E-state index >= 15 is 0 Å². The van der Waals surface area contributed by atoms with Crippen LogP contribution in [0.5, 0.6) is 0 Å². The molecule has 0 saturated heterocycles. The molecule has 0 saturated carbocycles. The Kier molecular flexibility index (Phi) is 8.01. The van der Waals surface area contributed by atoms with Crippen molar-refractivity contribution in [3.05, 3.63) is 70.7 Å². The molecule has 0 atom stereocenters. The molecule has 2 aromatic carbocycles. The number of halogens is 1. The zero-order valence-corrected chi connectivity index (χ0v) is 15.9. The summed E-state index contributed by atoms with van der Waals surface area (Å²) in [6.45, 7) is 0.570. The molecule has 0 radical (unpaired) electrons. The molecule has 2 aromatic rings. The lowest BCUT2D eigenvalue weighted by atomic mass is 10.1. The molecule has 0 unspecified atom stereocenters. The van der Waals surface area contributed by atoms with Crippen LogP contribution in [0, 0.1) is 0 Å². The molecule has 2 rings (SSSR count). The quantitative estimate of drug-likeness (QED) is 0.483. The second-order valence-electron chi connectivity index (χ2n) is 6.06. The minimum absolute atomic E-state index is 0.0802. The minimum Gasteiger partial charge on any atom is -0.469 e. The number of nitrogens with zero attached hydrogens (tertiary/aromatic N) is 1. The highest BCUT2D eigenvalue weighted by Crippen LogP contribution is 2.14. The van der Waals surface area contributed by atoms with Crippen molar-refractivity contribution < 1.29 is 19.1 Å². The van der Waals surface area contributed by atoms with Gasteiger partial charge in [-0.3, -0.25) is 14.4 Å². The summed E-state index contributed by atoms with van der Waals surface area (Å²) in [5, 5.41) is 0.611. The van der Waals surface area contributed by atoms with Crippen LogP contribution in [0.25, 0.3) is 0 Å². The summed E-state index contributed by atoms with van der Waals surface area (Å²) < 4.78 is 4.65. The third-order valence-electron chi connectivity index (χ3n) is 4.11. The van der Waals surface area contributed by atoms with Gasteiger partial charge in [0.05, 0.1) is 13.5 Å². The first-order valence-electron chi connectivity index (χ1n) is 8.67. The molecule has 0 fully saturated rings. The first-order chi connectivity index (χ1) is 13.0. The van der Waals surface area contributed by atoms with Crippen molar-refractivity contribution in [1.82, 2.24) is 4.90 Å². The summed E-state index contributed by atoms with van der Waals surface area (Å²) >= 11 is 5.90. The molecule has 0 aromatic heterocycles. The van der Waals surface area contributed by atoms with Crippen molar-refractivity contribution in [1.29, 1.82) is 0 Å². The molecule has 0 bridgehead atoms. The van der Waals surface area contributed by atoms with Crippen LogP contribution in [0.3, 0.4) is 0 Å². The highest BCUT2D eigenvalue weighted by atomic mass is 35.5. The summed E-state index contributed by atoms with van der Waals surface area (Å²) in [5.74, 6) is -0.647. The topological polar surface area (TPSA) is 63.7 Å². The van der Waals surface area contributed by atoms with Gasteiger partial charge in [0.1, 0.15) is 0 Å². The Labute approximate surface area is 163 Å². The fraction of sp³-hybridized carbons (Fsp3) is 0.286. The van der Waals surface area contributed by atoms with Crippen molar-refractivity contribution >= 4 is 29.3 Å². The number of rotatable bonds is 9. The lowest BCUT2D eigenvalue weighted by molar-refractivity contribution is -0.142. The number of hydrogen-bond acceptors (Lipinski definition) is 4. The van der Waals surface area contributed by atoms with Crippen molar-refractivity contribution in [2.75, 3.05) is 13.7 Å². The lowest BCUT2D eigenvalue weighted by Gasteiger charge is -2.22. The first-order valence-corrected chi connectivity index (χ1v) is 9.04. The van der Waals surface area contributed by atoms with Crippen LogP contribution in [0.1, 0.15) is 35.2 Å². The van der Waals surface area contributed by atoms with E-state index in [0.29, 0.717) is 17.1 Å². The Morgan fingerprint density at radius 1 is 0.926 bits per heavy atom. The molecule has 0 spiro atoms. The molecule has 0 aliphatic rings. The first kappa shape index (κ1) is 20.6. The SMILES string of the molecule is COC(=O)CCN(Cc1ccc(Cl)cc1)C(=O)CCC(=O)c1ccccc1. The lowest BCUT2D eigenvalue weighted by Crippen LogP contribution is -2.33. The molecule has 5 nitrogen and oxygen atoms in total. The number of methoxy groups -OCH3 is 1. The molecule has 0 heterocycles. The van der Waals surface area contributed by atoms with E-state index in [0.717, 1.165) is 5.56 Å². The van der Waals surface area contributed by atoms with Crippen molar-refractivity contribution in [2.45, 2.75) is 25.8 Å². The van der Waals surface area contributed by atoms with Crippen molar-refractivity contribution in [3.63, 3.8) is 0 Å². The molecular formula is C21H22ClNO4. The van der Waals surface area contributed by atoms with E-state index in [1.165, 1.54) is 7.11 Å². The maximum absolute atomic E-state index is 12.6. The Morgan fingerprint density at radius 2 is 1.59 bits per heavy atom. The van der Waals surface area contributed by atoms with Crippen LogP contribution in [-0.4, -0.2) is 36.2 Å². The van der Waals surface area contributed by atoms with Gasteiger partial charge in [0.25, 0.3) is 0 Å². The third kappa shape index (κ3) is 6.87. The van der Waals surface area contributed by atoms with Crippen molar-refractivity contribution in [2.24, 2.45) is 0 Å². The average Bonchev–Trinajstić information content (AvgIpc) is 2.70. The van der Waals surface area contributed by atoms with Gasteiger partial charge < -0.3 is 9.64 Å². The van der Waals surface area contributed by atoms with Gasteiger partial charge >= 0.3 is 5.97 Å². The monoisotopic (exact) mass is 387 g/mol. The second-order valence-corrected chi connectivity index (χ2v) is 6.49. The number of ketones is 1. The molecule has 1 amide bonds. The predicted octanol–water partition coefficient (Wildman–Crippen LogP) is 3.89. The number of Topliss-reactive ketones (excluding diaryl/α,β-unsaturated/α-hetero) is 1. The summed E-state index contributed by atoms with van der Waals surface area (Å²) in [7, 11) is 1.31. The van der Waals surface area contributed by atoms with E-state index in [1.807, 2.05) is 18.2 Å². The summed E-state index contributed by atoms with van der Waals surface area (Å²) in [5.41, 5.74) is 1.48. The maximum atomic E-state index is 12.6. The molecular weight excluding hydrogens is 366 g/mol. The molecule has 0 N–H and O–H groups in total.